The number of carbonyl (C=O) groups is 1. The number of amides is 1. The van der Waals surface area contributed by atoms with Crippen molar-refractivity contribution in [1.29, 1.82) is 0 Å². The molecule has 0 radical (unpaired) electrons. The molecule has 5 atom stereocenters. The van der Waals surface area contributed by atoms with Crippen LogP contribution in [0.15, 0.2) is 0 Å². The van der Waals surface area contributed by atoms with Gasteiger partial charge in [-0.25, -0.2) is 0 Å². The Labute approximate surface area is 90.9 Å². The average molecular weight is 240 g/mol. The number of hydrogen-bond acceptors (Lipinski definition) is 7. The van der Waals surface area contributed by atoms with E-state index in [0.717, 1.165) is 0 Å². The quantitative estimate of drug-likeness (QED) is 0.263. The minimum Gasteiger partial charge on any atom is -0.530 e. The van der Waals surface area contributed by atoms with E-state index in [4.69, 9.17) is 24.9 Å². The van der Waals surface area contributed by atoms with Gasteiger partial charge in [0.15, 0.2) is 6.10 Å². The third-order valence-electron chi connectivity index (χ3n) is 1.99. The lowest BCUT2D eigenvalue weighted by molar-refractivity contribution is -0.532. The number of primary amides is 1. The van der Waals surface area contributed by atoms with E-state index in [1.54, 1.807) is 0 Å². The summed E-state index contributed by atoms with van der Waals surface area (Å²) in [4.78, 5) is 8.67. The standard InChI is InChI=1S/C6H13NO5.CH3NO2/c7-6-5(11)4(10)3(9)2(1-8)12-6;2-1(3)4/h2-6,8-11H,1,7H2;2H2,(H,3,4)/t2-,3-,4+,5-,6?;/m1./s1. The second-order valence-corrected chi connectivity index (χ2v) is 3.19. The van der Waals surface area contributed by atoms with E-state index in [2.05, 4.69) is 11.5 Å². The van der Waals surface area contributed by atoms with Crippen LogP contribution in [0.4, 0.5) is 4.79 Å². The molecule has 0 aromatic rings. The predicted molar refractivity (Wildman–Crippen MR) is 46.2 cm³/mol. The van der Waals surface area contributed by atoms with E-state index in [9.17, 15) is 10.2 Å². The molecular weight excluding hydrogens is 224 g/mol. The molecule has 0 aromatic heterocycles. The molecule has 1 aliphatic rings. The predicted octanol–water partition coefficient (Wildman–Crippen LogP) is -5.68. The number of aliphatic hydroxyl groups excluding tert-OH is 4. The summed E-state index contributed by atoms with van der Waals surface area (Å²) in [5.74, 6) is 0. The summed E-state index contributed by atoms with van der Waals surface area (Å²) in [6.07, 6.45) is -7.05. The number of nitrogens with two attached hydrogens (primary N) is 1. The Morgan fingerprint density at radius 2 is 1.75 bits per heavy atom. The molecule has 16 heavy (non-hydrogen) atoms. The summed E-state index contributed by atoms with van der Waals surface area (Å²) >= 11 is 0. The molecule has 0 bridgehead atoms. The normalized spacial score (nSPS) is 38.4. The van der Waals surface area contributed by atoms with E-state index >= 15 is 0 Å². The molecule has 1 aliphatic heterocycles. The van der Waals surface area contributed by atoms with Crippen molar-refractivity contribution in [2.24, 2.45) is 5.73 Å². The van der Waals surface area contributed by atoms with E-state index in [1.165, 1.54) is 0 Å². The molecule has 0 saturated carbocycles. The highest BCUT2D eigenvalue weighted by molar-refractivity contribution is 5.58. The van der Waals surface area contributed by atoms with Gasteiger partial charge in [-0.15, -0.1) is 0 Å². The number of aliphatic hydroxyl groups is 4. The van der Waals surface area contributed by atoms with Gasteiger partial charge in [-0.05, 0) is 0 Å². The Morgan fingerprint density at radius 3 is 2.12 bits per heavy atom. The first-order valence-corrected chi connectivity index (χ1v) is 4.41. The average Bonchev–Trinajstić information content (AvgIpc) is 2.19. The van der Waals surface area contributed by atoms with E-state index < -0.39 is 43.3 Å². The van der Waals surface area contributed by atoms with Crippen LogP contribution in [-0.4, -0.2) is 63.8 Å². The number of carboxylic acid groups (broad SMARTS) is 1. The fraction of sp³-hybridized carbons (Fsp3) is 0.857. The summed E-state index contributed by atoms with van der Waals surface area (Å²) in [7, 11) is 0. The summed E-state index contributed by atoms with van der Waals surface area (Å²) in [5, 5.41) is 44.9. The highest BCUT2D eigenvalue weighted by Gasteiger charge is 2.43. The first-order chi connectivity index (χ1) is 7.31. The summed E-state index contributed by atoms with van der Waals surface area (Å²) in [5.41, 5.74) is 7.32. The maximum Gasteiger partial charge on any atom is 0.218 e. The second kappa shape index (κ2) is 6.58. The van der Waals surface area contributed by atoms with Gasteiger partial charge in [-0.3, -0.25) is 0 Å². The van der Waals surface area contributed by atoms with Gasteiger partial charge in [-0.2, -0.15) is 0 Å². The molecule has 9 nitrogen and oxygen atoms in total. The number of quaternary nitrogens is 1. The molecule has 0 aliphatic carbocycles. The van der Waals surface area contributed by atoms with E-state index in [1.807, 2.05) is 0 Å². The summed E-state index contributed by atoms with van der Waals surface area (Å²) < 4.78 is 4.91. The van der Waals surface area contributed by atoms with Crippen LogP contribution in [0.25, 0.3) is 0 Å². The van der Waals surface area contributed by atoms with Gasteiger partial charge in [0.25, 0.3) is 0 Å². The van der Waals surface area contributed by atoms with Gasteiger partial charge in [0.2, 0.25) is 6.23 Å². The van der Waals surface area contributed by atoms with Crippen molar-refractivity contribution < 1.29 is 40.8 Å². The highest BCUT2D eigenvalue weighted by Crippen LogP contribution is 2.16. The zero-order valence-corrected chi connectivity index (χ0v) is 8.39. The first-order valence-electron chi connectivity index (χ1n) is 4.41. The Hall–Kier alpha value is -0.970. The highest BCUT2D eigenvalue weighted by atomic mass is 16.6. The Bertz CT molecular complexity index is 218. The molecule has 0 aromatic carbocycles. The first kappa shape index (κ1) is 15.0. The van der Waals surface area contributed by atoms with Crippen molar-refractivity contribution in [3.05, 3.63) is 0 Å². The van der Waals surface area contributed by atoms with E-state index in [0.29, 0.717) is 0 Å². The molecule has 1 unspecified atom stereocenters. The molecule has 9 N–H and O–H groups in total. The number of hydrogen-bond donors (Lipinski definition) is 6. The van der Waals surface area contributed by atoms with E-state index in [-0.39, 0.29) is 0 Å². The largest absolute Gasteiger partial charge is 0.530 e. The molecular formula is C7H16N2O7. The fourth-order valence-corrected chi connectivity index (χ4v) is 1.18. The lowest BCUT2D eigenvalue weighted by Crippen LogP contribution is -2.75. The zero-order valence-electron chi connectivity index (χ0n) is 8.39. The van der Waals surface area contributed by atoms with Crippen LogP contribution in [0.1, 0.15) is 0 Å². The lowest BCUT2D eigenvalue weighted by Gasteiger charge is -2.36. The van der Waals surface area contributed by atoms with Crippen LogP contribution in [0.3, 0.4) is 0 Å². The van der Waals surface area contributed by atoms with Gasteiger partial charge in [0, 0.05) is 0 Å². The third kappa shape index (κ3) is 4.26. The van der Waals surface area contributed by atoms with Crippen molar-refractivity contribution in [2.75, 3.05) is 6.61 Å². The van der Waals surface area contributed by atoms with Crippen LogP contribution in [0.2, 0.25) is 0 Å². The fourth-order valence-electron chi connectivity index (χ4n) is 1.18. The van der Waals surface area contributed by atoms with Crippen molar-refractivity contribution in [1.82, 2.24) is 0 Å². The topological polar surface area (TPSA) is 184 Å². The molecule has 1 rings (SSSR count). The maximum absolute atomic E-state index is 9.20. The second-order valence-electron chi connectivity index (χ2n) is 3.19. The minimum absolute atomic E-state index is 0.406. The van der Waals surface area contributed by atoms with Crippen LogP contribution in [0, 0.1) is 0 Å². The van der Waals surface area contributed by atoms with Crippen molar-refractivity contribution >= 4 is 6.09 Å². The van der Waals surface area contributed by atoms with Crippen molar-refractivity contribution in [3.8, 4) is 0 Å². The Kier molecular flexibility index (Phi) is 6.18. The van der Waals surface area contributed by atoms with Gasteiger partial charge in [-0.1, -0.05) is 0 Å². The van der Waals surface area contributed by atoms with Gasteiger partial charge >= 0.3 is 0 Å². The third-order valence-corrected chi connectivity index (χ3v) is 1.99. The van der Waals surface area contributed by atoms with Crippen LogP contribution >= 0.6 is 0 Å². The number of ether oxygens (including phenoxy) is 1. The van der Waals surface area contributed by atoms with Crippen molar-refractivity contribution in [3.63, 3.8) is 0 Å². The molecule has 9 heteroatoms. The lowest BCUT2D eigenvalue weighted by atomic mass is 9.99. The molecule has 1 saturated heterocycles. The van der Waals surface area contributed by atoms with Gasteiger partial charge in [0.1, 0.15) is 24.4 Å². The monoisotopic (exact) mass is 240 g/mol. The molecule has 1 heterocycles. The molecule has 1 amide bonds. The molecule has 96 valence electrons. The smallest absolute Gasteiger partial charge is 0.218 e. The van der Waals surface area contributed by atoms with Crippen LogP contribution < -0.4 is 16.6 Å². The number of carbonyl (C=O) groups excluding carboxylic acids is 1. The van der Waals surface area contributed by atoms with Crippen LogP contribution in [-0.2, 0) is 4.74 Å². The Morgan fingerprint density at radius 1 is 1.31 bits per heavy atom. The van der Waals surface area contributed by atoms with Crippen LogP contribution in [0.5, 0.6) is 0 Å². The molecule has 0 spiro atoms. The zero-order chi connectivity index (χ0) is 12.9. The number of rotatable bonds is 1. The van der Waals surface area contributed by atoms with Gasteiger partial charge in [0.05, 0.1) is 6.61 Å². The minimum atomic E-state index is -1.58. The SMILES string of the molecule is NC(=O)[O-].[NH3+]C1O[C@H](CO)[C@@H](O)[C@H](O)[C@H]1O. The maximum atomic E-state index is 9.20. The summed E-state index contributed by atoms with van der Waals surface area (Å²) in [6, 6.07) is 0. The van der Waals surface area contributed by atoms with Crippen molar-refractivity contribution in [2.45, 2.75) is 30.6 Å². The summed E-state index contributed by atoms with van der Waals surface area (Å²) in [6.45, 7) is -0.406. The Balaban J connectivity index is 0.000000487. The van der Waals surface area contributed by atoms with Gasteiger partial charge < -0.3 is 46.5 Å². The molecule has 1 fully saturated rings.